The molecular weight excluding hydrogens is 304 g/mol. The van der Waals surface area contributed by atoms with Gasteiger partial charge >= 0.3 is 0 Å². The molecule has 0 aliphatic carbocycles. The molecule has 0 saturated carbocycles. The van der Waals surface area contributed by atoms with Gasteiger partial charge in [0.05, 0.1) is 12.2 Å². The maximum Gasteiger partial charge on any atom is 0.158 e. The molecule has 0 fully saturated rings. The second kappa shape index (κ2) is 5.81. The Bertz CT molecular complexity index is 768. The Morgan fingerprint density at radius 2 is 2.14 bits per heavy atom. The summed E-state index contributed by atoms with van der Waals surface area (Å²) < 4.78 is 4.21. The van der Waals surface area contributed by atoms with Crippen LogP contribution in [0.3, 0.4) is 0 Å². The normalized spacial score (nSPS) is 11.6. The molecule has 3 heterocycles. The molecule has 0 aliphatic rings. The molecular formula is C15H19ClN4S. The molecule has 21 heavy (non-hydrogen) atoms. The van der Waals surface area contributed by atoms with E-state index in [4.69, 9.17) is 16.6 Å². The van der Waals surface area contributed by atoms with E-state index in [-0.39, 0.29) is 0 Å². The van der Waals surface area contributed by atoms with Crippen molar-refractivity contribution in [1.82, 2.24) is 19.3 Å². The zero-order valence-electron chi connectivity index (χ0n) is 12.6. The molecule has 0 saturated heterocycles. The number of imidazole rings is 1. The zero-order valence-corrected chi connectivity index (χ0v) is 14.1. The molecule has 0 unspecified atom stereocenters. The van der Waals surface area contributed by atoms with Crippen molar-refractivity contribution in [2.75, 3.05) is 5.88 Å². The highest BCUT2D eigenvalue weighted by Gasteiger charge is 2.18. The lowest BCUT2D eigenvalue weighted by Gasteiger charge is -2.09. The molecule has 0 bridgehead atoms. The van der Waals surface area contributed by atoms with Crippen LogP contribution in [0.25, 0.3) is 11.2 Å². The van der Waals surface area contributed by atoms with E-state index in [1.165, 1.54) is 11.1 Å². The fraction of sp³-hybridized carbons (Fsp3) is 0.467. The molecule has 3 aromatic rings. The molecule has 0 atom stereocenters. The zero-order chi connectivity index (χ0) is 15.0. The van der Waals surface area contributed by atoms with E-state index in [0.717, 1.165) is 42.1 Å². The molecule has 0 aliphatic heterocycles. The van der Waals surface area contributed by atoms with Crippen LogP contribution in [0, 0.1) is 6.92 Å². The van der Waals surface area contributed by atoms with Crippen molar-refractivity contribution in [2.45, 2.75) is 33.2 Å². The highest BCUT2D eigenvalue weighted by molar-refractivity contribution is 7.08. The van der Waals surface area contributed by atoms with Crippen molar-refractivity contribution < 1.29 is 0 Å². The van der Waals surface area contributed by atoms with E-state index in [2.05, 4.69) is 34.3 Å². The van der Waals surface area contributed by atoms with Crippen molar-refractivity contribution in [2.24, 2.45) is 7.05 Å². The number of halogens is 1. The minimum Gasteiger partial charge on any atom is -0.308 e. The maximum atomic E-state index is 5.96. The lowest BCUT2D eigenvalue weighted by Crippen LogP contribution is -2.09. The van der Waals surface area contributed by atoms with Crippen LogP contribution in [0.4, 0.5) is 0 Å². The third-order valence-electron chi connectivity index (χ3n) is 3.81. The Kier molecular flexibility index (Phi) is 4.04. The van der Waals surface area contributed by atoms with Gasteiger partial charge in [0.2, 0.25) is 0 Å². The van der Waals surface area contributed by atoms with Crippen LogP contribution in [0.15, 0.2) is 10.8 Å². The van der Waals surface area contributed by atoms with E-state index in [1.807, 2.05) is 11.7 Å². The summed E-state index contributed by atoms with van der Waals surface area (Å²) in [6.45, 7) is 5.10. The number of aromatic nitrogens is 4. The van der Waals surface area contributed by atoms with Crippen molar-refractivity contribution in [3.8, 4) is 0 Å². The molecule has 0 aromatic carbocycles. The number of aryl methyl sites for hydroxylation is 4. The van der Waals surface area contributed by atoms with E-state index >= 15 is 0 Å². The summed E-state index contributed by atoms with van der Waals surface area (Å²) in [5, 5.41) is 8.98. The van der Waals surface area contributed by atoms with Gasteiger partial charge < -0.3 is 4.57 Å². The number of rotatable bonds is 5. The topological polar surface area (TPSA) is 35.6 Å². The Morgan fingerprint density at radius 1 is 1.33 bits per heavy atom. The molecule has 0 spiro atoms. The SMILES string of the molecule is CCc1nn(C)c2c1nc(CCCl)n2Cc1cscc1C. The Labute approximate surface area is 133 Å². The van der Waals surface area contributed by atoms with Gasteiger partial charge in [-0.05, 0) is 35.2 Å². The average Bonchev–Trinajstić information content (AvgIpc) is 3.10. The fourth-order valence-corrected chi connectivity index (χ4v) is 3.70. The Hall–Kier alpha value is -1.33. The molecule has 3 aromatic heterocycles. The number of thiophene rings is 1. The van der Waals surface area contributed by atoms with Gasteiger partial charge in [-0.1, -0.05) is 6.92 Å². The van der Waals surface area contributed by atoms with Crippen molar-refractivity contribution >= 4 is 34.1 Å². The van der Waals surface area contributed by atoms with Crippen molar-refractivity contribution in [3.05, 3.63) is 33.4 Å². The largest absolute Gasteiger partial charge is 0.308 e. The van der Waals surface area contributed by atoms with Crippen molar-refractivity contribution in [3.63, 3.8) is 0 Å². The van der Waals surface area contributed by atoms with E-state index < -0.39 is 0 Å². The molecule has 0 N–H and O–H groups in total. The summed E-state index contributed by atoms with van der Waals surface area (Å²) in [6, 6.07) is 0. The summed E-state index contributed by atoms with van der Waals surface area (Å²) in [5.74, 6) is 1.63. The molecule has 112 valence electrons. The van der Waals surface area contributed by atoms with Gasteiger partial charge in [0.15, 0.2) is 5.65 Å². The van der Waals surface area contributed by atoms with Gasteiger partial charge in [-0.3, -0.25) is 4.68 Å². The average molecular weight is 323 g/mol. The maximum absolute atomic E-state index is 5.96. The summed E-state index contributed by atoms with van der Waals surface area (Å²) >= 11 is 7.70. The van der Waals surface area contributed by atoms with Crippen LogP contribution in [0.1, 0.15) is 29.6 Å². The Morgan fingerprint density at radius 3 is 2.76 bits per heavy atom. The quantitative estimate of drug-likeness (QED) is 0.674. The smallest absolute Gasteiger partial charge is 0.158 e. The fourth-order valence-electron chi connectivity index (χ4n) is 2.69. The third-order valence-corrected chi connectivity index (χ3v) is 4.91. The minimum absolute atomic E-state index is 0.584. The van der Waals surface area contributed by atoms with Gasteiger partial charge in [0, 0.05) is 19.3 Å². The molecule has 0 radical (unpaired) electrons. The van der Waals surface area contributed by atoms with Crippen LogP contribution in [-0.4, -0.2) is 25.2 Å². The van der Waals surface area contributed by atoms with E-state index in [0.29, 0.717) is 5.88 Å². The van der Waals surface area contributed by atoms with Crippen LogP contribution >= 0.6 is 22.9 Å². The summed E-state index contributed by atoms with van der Waals surface area (Å²) in [6.07, 6.45) is 1.68. The monoisotopic (exact) mass is 322 g/mol. The minimum atomic E-state index is 0.584. The van der Waals surface area contributed by atoms with Crippen LogP contribution in [0.2, 0.25) is 0 Å². The first-order chi connectivity index (χ1) is 10.2. The molecule has 0 amide bonds. The lowest BCUT2D eigenvalue weighted by atomic mass is 10.2. The second-order valence-electron chi connectivity index (χ2n) is 5.23. The molecule has 3 rings (SSSR count). The Balaban J connectivity index is 2.15. The second-order valence-corrected chi connectivity index (χ2v) is 6.35. The summed E-state index contributed by atoms with van der Waals surface area (Å²) in [7, 11) is 1.99. The van der Waals surface area contributed by atoms with Gasteiger partial charge in [-0.2, -0.15) is 16.4 Å². The van der Waals surface area contributed by atoms with Crippen LogP contribution in [-0.2, 0) is 26.4 Å². The predicted molar refractivity (Wildman–Crippen MR) is 88.5 cm³/mol. The van der Waals surface area contributed by atoms with E-state index in [9.17, 15) is 0 Å². The highest BCUT2D eigenvalue weighted by Crippen LogP contribution is 2.24. The molecule has 4 nitrogen and oxygen atoms in total. The van der Waals surface area contributed by atoms with Gasteiger partial charge in [-0.25, -0.2) is 4.98 Å². The lowest BCUT2D eigenvalue weighted by molar-refractivity contribution is 0.688. The van der Waals surface area contributed by atoms with Gasteiger partial charge in [0.1, 0.15) is 11.3 Å². The number of hydrogen-bond donors (Lipinski definition) is 0. The van der Waals surface area contributed by atoms with Crippen LogP contribution < -0.4 is 0 Å². The first-order valence-electron chi connectivity index (χ1n) is 7.14. The highest BCUT2D eigenvalue weighted by atomic mass is 35.5. The number of nitrogens with zero attached hydrogens (tertiary/aromatic N) is 4. The first-order valence-corrected chi connectivity index (χ1v) is 8.62. The summed E-state index contributed by atoms with van der Waals surface area (Å²) in [5.41, 5.74) is 5.85. The number of alkyl halides is 1. The van der Waals surface area contributed by atoms with Gasteiger partial charge in [0.25, 0.3) is 0 Å². The van der Waals surface area contributed by atoms with E-state index in [1.54, 1.807) is 11.3 Å². The first kappa shape index (κ1) is 14.6. The molecule has 6 heteroatoms. The van der Waals surface area contributed by atoms with Gasteiger partial charge in [-0.15, -0.1) is 11.6 Å². The predicted octanol–water partition coefficient (Wildman–Crippen LogP) is 3.53. The third kappa shape index (κ3) is 2.49. The van der Waals surface area contributed by atoms with Crippen molar-refractivity contribution in [1.29, 1.82) is 0 Å². The number of hydrogen-bond acceptors (Lipinski definition) is 3. The standard InChI is InChI=1S/C15H19ClN4S/c1-4-12-14-15(19(3)18-12)20(13(17-14)5-6-16)7-11-9-21-8-10(11)2/h8-9H,4-7H2,1-3H3. The van der Waals surface area contributed by atoms with Crippen LogP contribution in [0.5, 0.6) is 0 Å². The summed E-state index contributed by atoms with van der Waals surface area (Å²) in [4.78, 5) is 4.80. The number of fused-ring (bicyclic) bond motifs is 1.